The summed E-state index contributed by atoms with van der Waals surface area (Å²) < 4.78 is 0. The Hall–Kier alpha value is -2.04. The van der Waals surface area contributed by atoms with Gasteiger partial charge in [-0.1, -0.05) is 60.8 Å². The van der Waals surface area contributed by atoms with Gasteiger partial charge >= 0.3 is 0 Å². The Morgan fingerprint density at radius 2 is 1.75 bits per heavy atom. The van der Waals surface area contributed by atoms with Crippen LogP contribution in [0, 0.1) is 0 Å². The van der Waals surface area contributed by atoms with Crippen LogP contribution in [0.2, 0.25) is 10.0 Å². The summed E-state index contributed by atoms with van der Waals surface area (Å²) in [4.78, 5) is 27.2. The number of carbonyl (C=O) groups is 2. The molecule has 0 aromatic heterocycles. The van der Waals surface area contributed by atoms with Gasteiger partial charge in [0.15, 0.2) is 0 Å². The van der Waals surface area contributed by atoms with Gasteiger partial charge in [-0.05, 0) is 48.7 Å². The quantitative estimate of drug-likeness (QED) is 0.588. The minimum Gasteiger partial charge on any atom is -0.354 e. The summed E-state index contributed by atoms with van der Waals surface area (Å²) >= 11 is 12.0. The zero-order valence-electron chi connectivity index (χ0n) is 16.3. The second kappa shape index (κ2) is 11.1. The fourth-order valence-corrected chi connectivity index (χ4v) is 3.17. The number of unbranched alkanes of at least 4 members (excludes halogenated alkanes) is 1. The van der Waals surface area contributed by atoms with E-state index in [1.165, 1.54) is 0 Å². The first-order chi connectivity index (χ1) is 13.4. The minimum absolute atomic E-state index is 0.125. The lowest BCUT2D eigenvalue weighted by Gasteiger charge is -2.29. The maximum Gasteiger partial charge on any atom is 0.242 e. The van der Waals surface area contributed by atoms with Crippen LogP contribution in [0.5, 0.6) is 0 Å². The van der Waals surface area contributed by atoms with Crippen molar-refractivity contribution in [2.24, 2.45) is 0 Å². The largest absolute Gasteiger partial charge is 0.354 e. The predicted molar refractivity (Wildman–Crippen MR) is 115 cm³/mol. The maximum absolute atomic E-state index is 13.0. The molecular formula is C22H26Cl2N2O2. The molecule has 0 fully saturated rings. The van der Waals surface area contributed by atoms with E-state index in [4.69, 9.17) is 23.2 Å². The molecule has 4 nitrogen and oxygen atoms in total. The summed E-state index contributed by atoms with van der Waals surface area (Å²) in [7, 11) is 0. The van der Waals surface area contributed by atoms with Crippen molar-refractivity contribution < 1.29 is 9.59 Å². The van der Waals surface area contributed by atoms with Gasteiger partial charge in [0.05, 0.1) is 6.42 Å². The van der Waals surface area contributed by atoms with Gasteiger partial charge in [0, 0.05) is 23.1 Å². The van der Waals surface area contributed by atoms with Crippen molar-refractivity contribution in [1.29, 1.82) is 0 Å². The summed E-state index contributed by atoms with van der Waals surface area (Å²) in [6.45, 7) is 4.74. The van der Waals surface area contributed by atoms with Crippen molar-refractivity contribution in [3.63, 3.8) is 0 Å². The molecule has 0 unspecified atom stereocenters. The summed E-state index contributed by atoms with van der Waals surface area (Å²) in [5, 5.41) is 4.13. The van der Waals surface area contributed by atoms with E-state index in [0.717, 1.165) is 24.0 Å². The first-order valence-corrected chi connectivity index (χ1v) is 10.2. The number of halogens is 2. The smallest absolute Gasteiger partial charge is 0.242 e. The number of nitrogens with zero attached hydrogens (tertiary/aromatic N) is 1. The van der Waals surface area contributed by atoms with Crippen molar-refractivity contribution in [3.05, 3.63) is 69.7 Å². The Morgan fingerprint density at radius 1 is 1.04 bits per heavy atom. The molecule has 150 valence electrons. The third-order valence-corrected chi connectivity index (χ3v) is 4.99. The van der Waals surface area contributed by atoms with E-state index in [1.807, 2.05) is 30.3 Å². The van der Waals surface area contributed by atoms with Gasteiger partial charge in [-0.25, -0.2) is 0 Å². The van der Waals surface area contributed by atoms with Crippen LogP contribution < -0.4 is 5.32 Å². The van der Waals surface area contributed by atoms with Crippen LogP contribution in [0.4, 0.5) is 0 Å². The molecule has 0 aliphatic heterocycles. The van der Waals surface area contributed by atoms with Crippen LogP contribution >= 0.6 is 23.2 Å². The number of amides is 2. The topological polar surface area (TPSA) is 49.4 Å². The molecule has 0 spiro atoms. The molecule has 0 aliphatic carbocycles. The van der Waals surface area contributed by atoms with Gasteiger partial charge in [0.25, 0.3) is 0 Å². The summed E-state index contributed by atoms with van der Waals surface area (Å²) in [6.07, 6.45) is 2.10. The fraction of sp³-hybridized carbons (Fsp3) is 0.364. The van der Waals surface area contributed by atoms with E-state index in [-0.39, 0.29) is 18.2 Å². The summed E-state index contributed by atoms with van der Waals surface area (Å²) in [5.41, 5.74) is 1.73. The van der Waals surface area contributed by atoms with E-state index >= 15 is 0 Å². The molecule has 6 heteroatoms. The van der Waals surface area contributed by atoms with Crippen LogP contribution in [-0.2, 0) is 22.6 Å². The highest BCUT2D eigenvalue weighted by Crippen LogP contribution is 2.17. The second-order valence-electron chi connectivity index (χ2n) is 6.78. The van der Waals surface area contributed by atoms with Crippen molar-refractivity contribution in [2.75, 3.05) is 6.54 Å². The zero-order valence-corrected chi connectivity index (χ0v) is 17.8. The Kier molecular flexibility index (Phi) is 8.81. The number of hydrogen-bond donors (Lipinski definition) is 1. The predicted octanol–water partition coefficient (Wildman–Crippen LogP) is 4.87. The minimum atomic E-state index is -0.587. The fourth-order valence-electron chi connectivity index (χ4n) is 2.83. The summed E-state index contributed by atoms with van der Waals surface area (Å²) in [6, 6.07) is 13.9. The van der Waals surface area contributed by atoms with Gasteiger partial charge < -0.3 is 10.2 Å². The third-order valence-electron chi connectivity index (χ3n) is 4.51. The normalized spacial score (nSPS) is 11.7. The molecule has 28 heavy (non-hydrogen) atoms. The Balaban J connectivity index is 2.17. The zero-order chi connectivity index (χ0) is 20.5. The molecule has 1 N–H and O–H groups in total. The Morgan fingerprint density at radius 3 is 2.39 bits per heavy atom. The lowest BCUT2D eigenvalue weighted by molar-refractivity contribution is -0.140. The van der Waals surface area contributed by atoms with Crippen molar-refractivity contribution in [1.82, 2.24) is 10.2 Å². The molecule has 0 bridgehead atoms. The first kappa shape index (κ1) is 22.3. The van der Waals surface area contributed by atoms with Gasteiger partial charge in [-0.15, -0.1) is 0 Å². The molecule has 2 aromatic carbocycles. The molecule has 0 aliphatic rings. The van der Waals surface area contributed by atoms with Crippen LogP contribution in [0.3, 0.4) is 0 Å². The number of rotatable bonds is 9. The Bertz CT molecular complexity index is 793. The molecule has 0 heterocycles. The average Bonchev–Trinajstić information content (AvgIpc) is 2.67. The van der Waals surface area contributed by atoms with Crippen LogP contribution in [0.25, 0.3) is 0 Å². The number of hydrogen-bond acceptors (Lipinski definition) is 2. The SMILES string of the molecule is CCCCNC(=O)[C@@H](C)N(Cc1cccc(Cl)c1)C(=O)Cc1ccc(Cl)cc1. The standard InChI is InChI=1S/C22H26Cl2N2O2/c1-3-4-12-25-22(28)16(2)26(15-18-6-5-7-20(24)13-18)21(27)14-17-8-10-19(23)11-9-17/h5-11,13,16H,3-4,12,14-15H2,1-2H3,(H,25,28)/t16-/m1/s1. The molecule has 2 aromatic rings. The highest BCUT2D eigenvalue weighted by atomic mass is 35.5. The van der Waals surface area contributed by atoms with Crippen LogP contribution in [0.1, 0.15) is 37.8 Å². The molecule has 1 atom stereocenters. The molecule has 0 saturated carbocycles. The first-order valence-electron chi connectivity index (χ1n) is 9.46. The number of nitrogens with one attached hydrogen (secondary N) is 1. The average molecular weight is 421 g/mol. The highest BCUT2D eigenvalue weighted by molar-refractivity contribution is 6.30. The van der Waals surface area contributed by atoms with E-state index in [0.29, 0.717) is 23.1 Å². The summed E-state index contributed by atoms with van der Waals surface area (Å²) in [5.74, 6) is -0.277. The molecular weight excluding hydrogens is 395 g/mol. The van der Waals surface area contributed by atoms with E-state index in [1.54, 1.807) is 30.0 Å². The highest BCUT2D eigenvalue weighted by Gasteiger charge is 2.26. The van der Waals surface area contributed by atoms with Crippen LogP contribution in [0.15, 0.2) is 48.5 Å². The number of carbonyl (C=O) groups excluding carboxylic acids is 2. The lowest BCUT2D eigenvalue weighted by Crippen LogP contribution is -2.48. The van der Waals surface area contributed by atoms with E-state index in [2.05, 4.69) is 12.2 Å². The molecule has 2 rings (SSSR count). The van der Waals surface area contributed by atoms with Gasteiger partial charge in [-0.3, -0.25) is 9.59 Å². The monoisotopic (exact) mass is 420 g/mol. The molecule has 0 saturated heterocycles. The molecule has 2 amide bonds. The van der Waals surface area contributed by atoms with Gasteiger partial charge in [0.2, 0.25) is 11.8 Å². The van der Waals surface area contributed by atoms with E-state index < -0.39 is 6.04 Å². The maximum atomic E-state index is 13.0. The molecule has 0 radical (unpaired) electrons. The second-order valence-corrected chi connectivity index (χ2v) is 7.65. The van der Waals surface area contributed by atoms with Crippen molar-refractivity contribution in [2.45, 2.75) is 45.7 Å². The van der Waals surface area contributed by atoms with Crippen LogP contribution in [-0.4, -0.2) is 29.3 Å². The Labute approximate surface area is 176 Å². The van der Waals surface area contributed by atoms with E-state index in [9.17, 15) is 9.59 Å². The van der Waals surface area contributed by atoms with Gasteiger partial charge in [-0.2, -0.15) is 0 Å². The number of benzene rings is 2. The van der Waals surface area contributed by atoms with Crippen molar-refractivity contribution >= 4 is 35.0 Å². The lowest BCUT2D eigenvalue weighted by atomic mass is 10.1. The van der Waals surface area contributed by atoms with Gasteiger partial charge in [0.1, 0.15) is 6.04 Å². The third kappa shape index (κ3) is 6.84. The van der Waals surface area contributed by atoms with Crippen molar-refractivity contribution in [3.8, 4) is 0 Å².